The summed E-state index contributed by atoms with van der Waals surface area (Å²) in [7, 11) is 1.42. The standard InChI is InChI=1S/C16H14ClN3O3/c1-10(21)14-15(22)20-13(8-12(17)18-16(20)23-2)19(14)9-11-6-4-3-5-7-11/h3-8H,9H2,1-2H3/p+1. The largest absolute Gasteiger partial charge is 0.480 e. The molecule has 0 aliphatic heterocycles. The minimum atomic E-state index is -0.264. The smallest absolute Gasteiger partial charge is 0.443 e. The highest BCUT2D eigenvalue weighted by molar-refractivity contribution is 6.29. The average Bonchev–Trinajstić information content (AvgIpc) is 2.80. The van der Waals surface area contributed by atoms with Crippen LogP contribution in [-0.2, 0) is 6.54 Å². The molecule has 0 unspecified atom stereocenters. The summed E-state index contributed by atoms with van der Waals surface area (Å²) < 4.78 is 8.23. The number of benzene rings is 1. The van der Waals surface area contributed by atoms with Crippen LogP contribution in [0.2, 0.25) is 5.15 Å². The summed E-state index contributed by atoms with van der Waals surface area (Å²) in [6.07, 6.45) is 0. The van der Waals surface area contributed by atoms with Crippen molar-refractivity contribution in [2.24, 2.45) is 0 Å². The van der Waals surface area contributed by atoms with Crippen molar-refractivity contribution >= 4 is 23.0 Å². The van der Waals surface area contributed by atoms with Gasteiger partial charge in [-0.15, -0.1) is 4.40 Å². The Morgan fingerprint density at radius 1 is 1.39 bits per heavy atom. The second-order valence-electron chi connectivity index (χ2n) is 5.06. The van der Waals surface area contributed by atoms with Gasteiger partial charge in [0.1, 0.15) is 0 Å². The van der Waals surface area contributed by atoms with Crippen molar-refractivity contribution < 1.29 is 19.0 Å². The van der Waals surface area contributed by atoms with E-state index in [4.69, 9.17) is 16.3 Å². The van der Waals surface area contributed by atoms with Crippen LogP contribution in [0.4, 0.5) is 0 Å². The molecular weight excluding hydrogens is 318 g/mol. The molecule has 2 aromatic heterocycles. The van der Waals surface area contributed by atoms with Crippen molar-refractivity contribution in [2.45, 2.75) is 13.5 Å². The molecule has 118 valence electrons. The van der Waals surface area contributed by atoms with Crippen LogP contribution < -0.4 is 9.14 Å². The molecule has 23 heavy (non-hydrogen) atoms. The first-order chi connectivity index (χ1) is 11.0. The fraction of sp³-hybridized carbons (Fsp3) is 0.188. The normalized spacial score (nSPS) is 10.9. The first-order valence-corrected chi connectivity index (χ1v) is 7.33. The lowest BCUT2D eigenvalue weighted by molar-refractivity contribution is -0.534. The number of carbonyl (C=O) groups is 1. The Bertz CT molecular complexity index is 891. The van der Waals surface area contributed by atoms with Crippen LogP contribution >= 0.6 is 11.6 Å². The third-order valence-electron chi connectivity index (χ3n) is 3.54. The van der Waals surface area contributed by atoms with E-state index in [1.807, 2.05) is 30.3 Å². The lowest BCUT2D eigenvalue weighted by Crippen LogP contribution is -2.25. The second-order valence-corrected chi connectivity index (χ2v) is 5.45. The minimum absolute atomic E-state index is 0.110. The Morgan fingerprint density at radius 3 is 2.70 bits per heavy atom. The number of aromatic nitrogens is 3. The van der Waals surface area contributed by atoms with Crippen molar-refractivity contribution in [3.05, 3.63) is 52.8 Å². The number of methoxy groups -OCH3 is 1. The zero-order valence-electron chi connectivity index (χ0n) is 12.7. The molecule has 1 aromatic carbocycles. The van der Waals surface area contributed by atoms with E-state index in [-0.39, 0.29) is 28.5 Å². The van der Waals surface area contributed by atoms with E-state index in [1.54, 1.807) is 10.6 Å². The highest BCUT2D eigenvalue weighted by Crippen LogP contribution is 2.24. The topological polar surface area (TPSA) is 68.5 Å². The Hall–Kier alpha value is -2.60. The number of aromatic hydroxyl groups is 1. The van der Waals surface area contributed by atoms with E-state index in [1.165, 1.54) is 18.4 Å². The molecule has 0 fully saturated rings. The third-order valence-corrected chi connectivity index (χ3v) is 3.73. The van der Waals surface area contributed by atoms with Gasteiger partial charge in [0, 0.05) is 6.92 Å². The minimum Gasteiger partial charge on any atom is -0.480 e. The number of ether oxygens (including phenoxy) is 1. The van der Waals surface area contributed by atoms with Gasteiger partial charge in [0.2, 0.25) is 16.5 Å². The zero-order chi connectivity index (χ0) is 16.6. The Labute approximate surface area is 137 Å². The number of hydrogen-bond donors (Lipinski definition) is 1. The summed E-state index contributed by atoms with van der Waals surface area (Å²) in [5, 5.41) is 10.7. The molecule has 0 amide bonds. The number of ketones is 1. The number of nitrogens with zero attached hydrogens (tertiary/aromatic N) is 3. The van der Waals surface area contributed by atoms with Gasteiger partial charge in [-0.05, 0) is 17.2 Å². The summed E-state index contributed by atoms with van der Waals surface area (Å²) in [4.78, 5) is 16.1. The van der Waals surface area contributed by atoms with E-state index < -0.39 is 0 Å². The maximum Gasteiger partial charge on any atom is 0.443 e. The van der Waals surface area contributed by atoms with Crippen LogP contribution in [0.15, 0.2) is 36.4 Å². The van der Waals surface area contributed by atoms with Crippen LogP contribution in [0.3, 0.4) is 0 Å². The maximum absolute atomic E-state index is 12.0. The van der Waals surface area contributed by atoms with Crippen molar-refractivity contribution in [2.75, 3.05) is 7.11 Å². The molecule has 0 saturated carbocycles. The molecular formula is C16H15ClN3O3+. The summed E-state index contributed by atoms with van der Waals surface area (Å²) >= 11 is 6.03. The SMILES string of the molecule is COc1nc(Cl)cc2n(Cc3ccccc3)c(C(C)=O)c(O)[n+]12. The van der Waals surface area contributed by atoms with Gasteiger partial charge in [0.15, 0.2) is 5.78 Å². The van der Waals surface area contributed by atoms with Crippen molar-refractivity contribution in [3.63, 3.8) is 0 Å². The summed E-state index contributed by atoms with van der Waals surface area (Å²) in [6, 6.07) is 11.3. The zero-order valence-corrected chi connectivity index (χ0v) is 13.4. The van der Waals surface area contributed by atoms with Gasteiger partial charge in [0.25, 0.3) is 0 Å². The fourth-order valence-corrected chi connectivity index (χ4v) is 2.76. The Balaban J connectivity index is 2.32. The van der Waals surface area contributed by atoms with Crippen LogP contribution in [0.25, 0.3) is 5.65 Å². The molecule has 0 radical (unpaired) electrons. The van der Waals surface area contributed by atoms with E-state index in [0.29, 0.717) is 12.2 Å². The molecule has 2 heterocycles. The predicted molar refractivity (Wildman–Crippen MR) is 84.2 cm³/mol. The van der Waals surface area contributed by atoms with Gasteiger partial charge in [-0.3, -0.25) is 4.79 Å². The highest BCUT2D eigenvalue weighted by Gasteiger charge is 2.30. The van der Waals surface area contributed by atoms with Gasteiger partial charge in [-0.2, -0.15) is 0 Å². The first-order valence-electron chi connectivity index (χ1n) is 6.95. The van der Waals surface area contributed by atoms with Crippen LogP contribution in [0, 0.1) is 0 Å². The van der Waals surface area contributed by atoms with Crippen molar-refractivity contribution in [1.29, 1.82) is 0 Å². The second kappa shape index (κ2) is 5.89. The Morgan fingerprint density at radius 2 is 2.09 bits per heavy atom. The number of carbonyl (C=O) groups excluding carboxylic acids is 1. The molecule has 7 heteroatoms. The molecule has 1 N–H and O–H groups in total. The quantitative estimate of drug-likeness (QED) is 0.452. The van der Waals surface area contributed by atoms with Gasteiger partial charge in [-0.1, -0.05) is 35.3 Å². The van der Waals surface area contributed by atoms with E-state index in [0.717, 1.165) is 5.56 Å². The predicted octanol–water partition coefficient (Wildman–Crippen LogP) is 2.24. The molecule has 6 nitrogen and oxygen atoms in total. The van der Waals surface area contributed by atoms with E-state index in [9.17, 15) is 9.90 Å². The average molecular weight is 333 g/mol. The lowest BCUT2D eigenvalue weighted by Gasteiger charge is -2.03. The monoisotopic (exact) mass is 332 g/mol. The summed E-state index contributed by atoms with van der Waals surface area (Å²) in [6.45, 7) is 1.81. The highest BCUT2D eigenvalue weighted by atomic mass is 35.5. The number of fused-ring (bicyclic) bond motifs is 1. The van der Waals surface area contributed by atoms with Gasteiger partial charge in [-0.25, -0.2) is 4.57 Å². The fourth-order valence-electron chi connectivity index (χ4n) is 2.59. The summed E-state index contributed by atoms with van der Waals surface area (Å²) in [5.41, 5.74) is 1.68. The van der Waals surface area contributed by atoms with E-state index >= 15 is 0 Å². The van der Waals surface area contributed by atoms with Crippen LogP contribution in [-0.4, -0.2) is 27.6 Å². The van der Waals surface area contributed by atoms with Crippen molar-refractivity contribution in [3.8, 4) is 11.9 Å². The number of rotatable bonds is 4. The van der Waals surface area contributed by atoms with Crippen LogP contribution in [0.1, 0.15) is 23.0 Å². The van der Waals surface area contributed by atoms with Gasteiger partial charge < -0.3 is 9.84 Å². The molecule has 0 aliphatic rings. The Kier molecular flexibility index (Phi) is 3.92. The molecule has 0 atom stereocenters. The third kappa shape index (κ3) is 2.61. The molecule has 3 rings (SSSR count). The summed E-state index contributed by atoms with van der Waals surface area (Å²) in [5.74, 6) is -0.482. The van der Waals surface area contributed by atoms with Gasteiger partial charge in [0.05, 0.1) is 19.7 Å². The molecule has 0 bridgehead atoms. The maximum atomic E-state index is 12.0. The van der Waals surface area contributed by atoms with E-state index in [2.05, 4.69) is 4.98 Å². The molecule has 0 spiro atoms. The first kappa shape index (κ1) is 15.3. The van der Waals surface area contributed by atoms with Gasteiger partial charge >= 0.3 is 11.9 Å². The number of hydrogen-bond acceptors (Lipinski definition) is 4. The number of halogens is 1. The van der Waals surface area contributed by atoms with Crippen LogP contribution in [0.5, 0.6) is 11.9 Å². The molecule has 0 aliphatic carbocycles. The van der Waals surface area contributed by atoms with Crippen molar-refractivity contribution in [1.82, 2.24) is 9.55 Å². The lowest BCUT2D eigenvalue weighted by atomic mass is 10.2. The number of imidazole rings is 1. The molecule has 3 aromatic rings. The number of Topliss-reactive ketones (excluding diaryl/α,β-unsaturated/α-hetero) is 1. The molecule has 0 saturated heterocycles.